The monoisotopic (exact) mass is 313 g/mol. The molecule has 3 aromatic rings. The predicted octanol–water partition coefficient (Wildman–Crippen LogP) is 2.15. The number of hydrogen-bond donors (Lipinski definition) is 3. The van der Waals surface area contributed by atoms with E-state index < -0.39 is 11.8 Å². The molecule has 0 radical (unpaired) electrons. The van der Waals surface area contributed by atoms with Gasteiger partial charge in [0.15, 0.2) is 5.76 Å². The van der Waals surface area contributed by atoms with E-state index >= 15 is 0 Å². The number of aryl methyl sites for hydroxylation is 1. The number of H-pyrrole nitrogens is 1. The van der Waals surface area contributed by atoms with E-state index in [1.54, 1.807) is 50.6 Å². The highest BCUT2D eigenvalue weighted by Crippen LogP contribution is 2.28. The van der Waals surface area contributed by atoms with Crippen molar-refractivity contribution in [3.63, 3.8) is 0 Å². The minimum Gasteiger partial charge on any atom is -0.497 e. The summed E-state index contributed by atoms with van der Waals surface area (Å²) in [4.78, 5) is 26.7. The van der Waals surface area contributed by atoms with E-state index in [0.29, 0.717) is 22.6 Å². The molecule has 0 unspecified atom stereocenters. The molecule has 118 valence electrons. The first kappa shape index (κ1) is 14.7. The van der Waals surface area contributed by atoms with Crippen molar-refractivity contribution in [2.45, 2.75) is 6.92 Å². The summed E-state index contributed by atoms with van der Waals surface area (Å²) < 4.78 is 10.7. The highest BCUT2D eigenvalue weighted by Gasteiger charge is 2.19. The van der Waals surface area contributed by atoms with Gasteiger partial charge < -0.3 is 14.1 Å². The summed E-state index contributed by atoms with van der Waals surface area (Å²) in [7, 11) is 1.57. The topological polar surface area (TPSA) is 96.4 Å². The van der Waals surface area contributed by atoms with Crippen molar-refractivity contribution in [1.82, 2.24) is 15.8 Å². The second-order valence-electron chi connectivity index (χ2n) is 4.91. The summed E-state index contributed by atoms with van der Waals surface area (Å²) in [5, 5.41) is 0.783. The number of furan rings is 1. The summed E-state index contributed by atoms with van der Waals surface area (Å²) >= 11 is 0. The Morgan fingerprint density at radius 2 is 1.96 bits per heavy atom. The van der Waals surface area contributed by atoms with Crippen molar-refractivity contribution in [2.75, 3.05) is 7.11 Å². The lowest BCUT2D eigenvalue weighted by Gasteiger charge is -2.05. The van der Waals surface area contributed by atoms with Gasteiger partial charge in [0.2, 0.25) is 0 Å². The van der Waals surface area contributed by atoms with Crippen molar-refractivity contribution in [3.8, 4) is 5.75 Å². The van der Waals surface area contributed by atoms with Crippen LogP contribution in [0.4, 0.5) is 0 Å². The molecule has 0 fully saturated rings. The van der Waals surface area contributed by atoms with Crippen LogP contribution in [0, 0.1) is 6.92 Å². The zero-order chi connectivity index (χ0) is 16.4. The van der Waals surface area contributed by atoms with Crippen molar-refractivity contribution in [3.05, 3.63) is 53.5 Å². The number of rotatable bonds is 3. The Morgan fingerprint density at radius 3 is 2.65 bits per heavy atom. The first-order valence-electron chi connectivity index (χ1n) is 6.91. The molecule has 0 aliphatic carbocycles. The predicted molar refractivity (Wildman–Crippen MR) is 83.2 cm³/mol. The fourth-order valence-electron chi connectivity index (χ4n) is 2.25. The third-order valence-electron chi connectivity index (χ3n) is 3.48. The number of aromatic amines is 1. The molecule has 3 rings (SSSR count). The van der Waals surface area contributed by atoms with Gasteiger partial charge in [-0.2, -0.15) is 0 Å². The van der Waals surface area contributed by atoms with Crippen LogP contribution in [0.25, 0.3) is 11.0 Å². The summed E-state index contributed by atoms with van der Waals surface area (Å²) in [5.74, 6) is -0.162. The van der Waals surface area contributed by atoms with Gasteiger partial charge in [0.25, 0.3) is 5.91 Å². The van der Waals surface area contributed by atoms with Crippen LogP contribution < -0.4 is 15.6 Å². The zero-order valence-corrected chi connectivity index (χ0v) is 12.6. The minimum atomic E-state index is -0.530. The van der Waals surface area contributed by atoms with E-state index in [0.717, 1.165) is 5.39 Å². The smallest absolute Gasteiger partial charge is 0.305 e. The van der Waals surface area contributed by atoms with Crippen molar-refractivity contribution < 1.29 is 18.7 Å². The van der Waals surface area contributed by atoms with Gasteiger partial charge in [-0.05, 0) is 37.3 Å². The number of amides is 2. The van der Waals surface area contributed by atoms with Crippen LogP contribution in [0.3, 0.4) is 0 Å². The molecular weight excluding hydrogens is 298 g/mol. The zero-order valence-electron chi connectivity index (χ0n) is 12.6. The highest BCUT2D eigenvalue weighted by molar-refractivity contribution is 6.01. The summed E-state index contributed by atoms with van der Waals surface area (Å²) in [5.41, 5.74) is 6.25. The van der Waals surface area contributed by atoms with E-state index in [2.05, 4.69) is 15.8 Å². The molecule has 2 aromatic heterocycles. The summed E-state index contributed by atoms with van der Waals surface area (Å²) in [6.45, 7) is 1.77. The third-order valence-corrected chi connectivity index (χ3v) is 3.48. The van der Waals surface area contributed by atoms with E-state index in [1.807, 2.05) is 0 Å². The van der Waals surface area contributed by atoms with Gasteiger partial charge in [-0.15, -0.1) is 0 Å². The Hall–Kier alpha value is -3.22. The number of benzene rings is 1. The van der Waals surface area contributed by atoms with E-state index in [9.17, 15) is 9.59 Å². The summed E-state index contributed by atoms with van der Waals surface area (Å²) in [6, 6.07) is 8.56. The third kappa shape index (κ3) is 2.76. The molecule has 2 heterocycles. The Kier molecular flexibility index (Phi) is 3.76. The van der Waals surface area contributed by atoms with Crippen LogP contribution in [0.15, 0.2) is 40.9 Å². The molecule has 3 N–H and O–H groups in total. The van der Waals surface area contributed by atoms with Gasteiger partial charge in [-0.3, -0.25) is 20.4 Å². The second kappa shape index (κ2) is 5.88. The molecule has 2 amide bonds. The van der Waals surface area contributed by atoms with E-state index in [4.69, 9.17) is 9.15 Å². The van der Waals surface area contributed by atoms with Crippen LogP contribution in [-0.4, -0.2) is 23.9 Å². The maximum atomic E-state index is 12.2. The van der Waals surface area contributed by atoms with Crippen LogP contribution in [0.1, 0.15) is 26.6 Å². The number of carbonyl (C=O) groups is 2. The van der Waals surface area contributed by atoms with Crippen LogP contribution in [-0.2, 0) is 0 Å². The lowest BCUT2D eigenvalue weighted by atomic mass is 10.1. The molecule has 0 saturated heterocycles. The van der Waals surface area contributed by atoms with Gasteiger partial charge in [-0.25, -0.2) is 0 Å². The number of hydrazine groups is 1. The minimum absolute atomic E-state index is 0.139. The molecular formula is C16H15N3O4. The molecule has 0 spiro atoms. The number of hydrogen-bond acceptors (Lipinski definition) is 4. The average molecular weight is 313 g/mol. The Bertz CT molecular complexity index is 865. The lowest BCUT2D eigenvalue weighted by molar-refractivity contribution is 0.0829. The molecule has 0 aliphatic heterocycles. The molecule has 23 heavy (non-hydrogen) atoms. The van der Waals surface area contributed by atoms with Gasteiger partial charge >= 0.3 is 5.91 Å². The standard InChI is InChI=1S/C16H15N3O4/c1-9-11-8-10(22-2)5-6-13(11)23-14(9)16(21)19-18-15(20)12-4-3-7-17-12/h3-8,17H,1-2H3,(H,18,20)(H,19,21). The Morgan fingerprint density at radius 1 is 1.17 bits per heavy atom. The fraction of sp³-hybridized carbons (Fsp3) is 0.125. The van der Waals surface area contributed by atoms with Crippen LogP contribution in [0.5, 0.6) is 5.75 Å². The van der Waals surface area contributed by atoms with Crippen molar-refractivity contribution in [2.24, 2.45) is 0 Å². The van der Waals surface area contributed by atoms with Gasteiger partial charge in [0.05, 0.1) is 7.11 Å². The Labute approximate surface area is 131 Å². The lowest BCUT2D eigenvalue weighted by Crippen LogP contribution is -2.41. The fourth-order valence-corrected chi connectivity index (χ4v) is 2.25. The van der Waals surface area contributed by atoms with Crippen molar-refractivity contribution >= 4 is 22.8 Å². The summed E-state index contributed by atoms with van der Waals surface area (Å²) in [6.07, 6.45) is 1.62. The van der Waals surface area contributed by atoms with Gasteiger partial charge in [0.1, 0.15) is 17.0 Å². The second-order valence-corrected chi connectivity index (χ2v) is 4.91. The largest absolute Gasteiger partial charge is 0.497 e. The molecule has 0 bridgehead atoms. The van der Waals surface area contributed by atoms with E-state index in [-0.39, 0.29) is 5.76 Å². The van der Waals surface area contributed by atoms with Crippen LogP contribution >= 0.6 is 0 Å². The highest BCUT2D eigenvalue weighted by atomic mass is 16.5. The normalized spacial score (nSPS) is 10.5. The number of ether oxygens (including phenoxy) is 1. The van der Waals surface area contributed by atoms with Gasteiger partial charge in [-0.1, -0.05) is 0 Å². The van der Waals surface area contributed by atoms with E-state index in [1.165, 1.54) is 0 Å². The molecule has 7 nitrogen and oxygen atoms in total. The SMILES string of the molecule is COc1ccc2oc(C(=O)NNC(=O)c3ccc[nH]3)c(C)c2c1. The number of nitrogens with one attached hydrogen (secondary N) is 3. The van der Waals surface area contributed by atoms with Crippen molar-refractivity contribution in [1.29, 1.82) is 0 Å². The maximum Gasteiger partial charge on any atom is 0.305 e. The number of fused-ring (bicyclic) bond motifs is 1. The molecule has 7 heteroatoms. The molecule has 0 saturated carbocycles. The molecule has 1 aromatic carbocycles. The first-order chi connectivity index (χ1) is 11.1. The Balaban J connectivity index is 1.78. The number of methoxy groups -OCH3 is 1. The number of carbonyl (C=O) groups excluding carboxylic acids is 2. The van der Waals surface area contributed by atoms with Crippen LogP contribution in [0.2, 0.25) is 0 Å². The maximum absolute atomic E-state index is 12.2. The molecule has 0 aliphatic rings. The quantitative estimate of drug-likeness (QED) is 0.646. The molecule has 0 atom stereocenters. The number of aromatic nitrogens is 1. The average Bonchev–Trinajstić information content (AvgIpc) is 3.20. The van der Waals surface area contributed by atoms with Gasteiger partial charge in [0, 0.05) is 17.1 Å². The first-order valence-corrected chi connectivity index (χ1v) is 6.91.